The zero-order chi connectivity index (χ0) is 21.3. The summed E-state index contributed by atoms with van der Waals surface area (Å²) >= 11 is 6.56. The van der Waals surface area contributed by atoms with Gasteiger partial charge in [0, 0.05) is 42.0 Å². The molecule has 3 heterocycles. The summed E-state index contributed by atoms with van der Waals surface area (Å²) in [5, 5.41) is 0.700. The monoisotopic (exact) mass is 426 g/mol. The molecule has 0 spiro atoms. The van der Waals surface area contributed by atoms with Crippen molar-refractivity contribution >= 4 is 29.0 Å². The molecule has 158 valence electrons. The number of esters is 1. The van der Waals surface area contributed by atoms with Crippen LogP contribution in [0, 0.1) is 12.8 Å². The minimum Gasteiger partial charge on any atom is -0.466 e. The van der Waals surface area contributed by atoms with Gasteiger partial charge in [0.1, 0.15) is 11.5 Å². The molecule has 0 radical (unpaired) electrons. The Kier molecular flexibility index (Phi) is 5.97. The molecule has 1 saturated heterocycles. The fourth-order valence-corrected chi connectivity index (χ4v) is 4.51. The summed E-state index contributed by atoms with van der Waals surface area (Å²) < 4.78 is 7.32. The lowest BCUT2D eigenvalue weighted by Crippen LogP contribution is -2.40. The number of anilines is 1. The average molecular weight is 427 g/mol. The largest absolute Gasteiger partial charge is 0.466 e. The fourth-order valence-electron chi connectivity index (χ4n) is 4.17. The Balaban J connectivity index is 1.75. The first-order valence-electron chi connectivity index (χ1n) is 10.4. The normalized spacial score (nSPS) is 16.8. The van der Waals surface area contributed by atoms with Crippen molar-refractivity contribution in [3.63, 3.8) is 0 Å². The first-order chi connectivity index (χ1) is 14.5. The van der Waals surface area contributed by atoms with E-state index in [0.717, 1.165) is 53.1 Å². The summed E-state index contributed by atoms with van der Waals surface area (Å²) in [5.74, 6) is 0.735. The number of aromatic nitrogens is 2. The van der Waals surface area contributed by atoms with Gasteiger partial charge >= 0.3 is 5.97 Å². The molecular formula is C23H27ClN4O2. The second kappa shape index (κ2) is 8.66. The smallest absolute Gasteiger partial charge is 0.310 e. The molecule has 3 aromatic rings. The van der Waals surface area contributed by atoms with Crippen LogP contribution in [0.5, 0.6) is 0 Å². The first-order valence-corrected chi connectivity index (χ1v) is 10.8. The van der Waals surface area contributed by atoms with E-state index in [1.54, 1.807) is 0 Å². The summed E-state index contributed by atoms with van der Waals surface area (Å²) in [5.41, 5.74) is 10.9. The Hall–Kier alpha value is -2.57. The van der Waals surface area contributed by atoms with Gasteiger partial charge in [-0.3, -0.25) is 9.20 Å². The van der Waals surface area contributed by atoms with Gasteiger partial charge in [-0.15, -0.1) is 0 Å². The summed E-state index contributed by atoms with van der Waals surface area (Å²) in [6, 6.07) is 8.06. The zero-order valence-corrected chi connectivity index (χ0v) is 18.2. The number of ether oxygens (including phenoxy) is 1. The molecule has 1 fully saturated rings. The predicted octanol–water partition coefficient (Wildman–Crippen LogP) is 4.20. The Morgan fingerprint density at radius 1 is 1.33 bits per heavy atom. The molecule has 0 saturated carbocycles. The summed E-state index contributed by atoms with van der Waals surface area (Å²) in [6.07, 6.45) is 5.72. The van der Waals surface area contributed by atoms with Crippen molar-refractivity contribution in [1.29, 1.82) is 0 Å². The van der Waals surface area contributed by atoms with Crippen molar-refractivity contribution in [2.24, 2.45) is 11.7 Å². The third-order valence-electron chi connectivity index (χ3n) is 5.71. The maximum Gasteiger partial charge on any atom is 0.310 e. The van der Waals surface area contributed by atoms with Crippen molar-refractivity contribution in [2.45, 2.75) is 33.2 Å². The number of piperidine rings is 1. The molecule has 2 N–H and O–H groups in total. The molecule has 1 unspecified atom stereocenters. The van der Waals surface area contributed by atoms with Crippen molar-refractivity contribution in [2.75, 3.05) is 24.6 Å². The van der Waals surface area contributed by atoms with Crippen molar-refractivity contribution < 1.29 is 9.53 Å². The standard InChI is InChI=1S/C23H27ClN4O2/c1-3-30-23(29)16-5-4-8-27(13-16)22-12-26-21-10-17(11-25)19(14-28(21)22)18-7-6-15(2)9-20(18)24/h6-7,9-10,12,14,16H,3-5,8,11,13,25H2,1-2H3. The second-order valence-corrected chi connectivity index (χ2v) is 8.19. The van der Waals surface area contributed by atoms with E-state index in [2.05, 4.69) is 26.5 Å². The van der Waals surface area contributed by atoms with Crippen LogP contribution < -0.4 is 10.6 Å². The molecule has 1 aliphatic rings. The molecule has 2 aromatic heterocycles. The van der Waals surface area contributed by atoms with E-state index < -0.39 is 0 Å². The SMILES string of the molecule is CCOC(=O)C1CCCN(c2cnc3cc(CN)c(-c4ccc(C)cc4Cl)cn23)C1. The van der Waals surface area contributed by atoms with E-state index in [4.69, 9.17) is 22.1 Å². The van der Waals surface area contributed by atoms with Crippen LogP contribution >= 0.6 is 11.6 Å². The maximum atomic E-state index is 12.3. The Bertz CT molecular complexity index is 1080. The van der Waals surface area contributed by atoms with Crippen molar-refractivity contribution in [3.8, 4) is 11.1 Å². The highest BCUT2D eigenvalue weighted by Gasteiger charge is 2.28. The molecule has 0 aliphatic carbocycles. The predicted molar refractivity (Wildman–Crippen MR) is 120 cm³/mol. The van der Waals surface area contributed by atoms with E-state index in [1.807, 2.05) is 38.2 Å². The zero-order valence-electron chi connectivity index (χ0n) is 17.4. The van der Waals surface area contributed by atoms with Crippen LogP contribution in [0.3, 0.4) is 0 Å². The summed E-state index contributed by atoms with van der Waals surface area (Å²) in [7, 11) is 0. The maximum absolute atomic E-state index is 12.3. The van der Waals surface area contributed by atoms with Crippen LogP contribution in [-0.4, -0.2) is 35.1 Å². The molecule has 7 heteroatoms. The van der Waals surface area contributed by atoms with Gasteiger partial charge in [0.25, 0.3) is 0 Å². The van der Waals surface area contributed by atoms with Crippen LogP contribution in [-0.2, 0) is 16.1 Å². The summed E-state index contributed by atoms with van der Waals surface area (Å²) in [4.78, 5) is 19.1. The van der Waals surface area contributed by atoms with Crippen molar-refractivity contribution in [1.82, 2.24) is 9.38 Å². The number of benzene rings is 1. The number of hydrogen-bond acceptors (Lipinski definition) is 5. The van der Waals surface area contributed by atoms with Gasteiger partial charge in [0.2, 0.25) is 0 Å². The molecule has 1 aliphatic heterocycles. The Morgan fingerprint density at radius 2 is 2.17 bits per heavy atom. The van der Waals surface area contributed by atoms with Crippen LogP contribution in [0.15, 0.2) is 36.7 Å². The quantitative estimate of drug-likeness (QED) is 0.619. The highest BCUT2D eigenvalue weighted by atomic mass is 35.5. The number of halogens is 1. The van der Waals surface area contributed by atoms with Gasteiger partial charge < -0.3 is 15.4 Å². The molecular weight excluding hydrogens is 400 g/mol. The lowest BCUT2D eigenvalue weighted by molar-refractivity contribution is -0.148. The molecule has 30 heavy (non-hydrogen) atoms. The highest BCUT2D eigenvalue weighted by Crippen LogP contribution is 2.33. The second-order valence-electron chi connectivity index (χ2n) is 7.78. The van der Waals surface area contributed by atoms with E-state index in [9.17, 15) is 4.79 Å². The lowest BCUT2D eigenvalue weighted by atomic mass is 9.98. The number of rotatable bonds is 5. The number of fused-ring (bicyclic) bond motifs is 1. The Morgan fingerprint density at radius 3 is 2.90 bits per heavy atom. The van der Waals surface area contributed by atoms with Crippen LogP contribution in [0.25, 0.3) is 16.8 Å². The van der Waals surface area contributed by atoms with Crippen LogP contribution in [0.2, 0.25) is 5.02 Å². The van der Waals surface area contributed by atoms with Crippen LogP contribution in [0.1, 0.15) is 30.9 Å². The van der Waals surface area contributed by atoms with E-state index in [-0.39, 0.29) is 11.9 Å². The third-order valence-corrected chi connectivity index (χ3v) is 6.03. The topological polar surface area (TPSA) is 72.9 Å². The van der Waals surface area contributed by atoms with Gasteiger partial charge in [-0.2, -0.15) is 0 Å². The van der Waals surface area contributed by atoms with Gasteiger partial charge in [0.05, 0.1) is 18.7 Å². The number of hydrogen-bond donors (Lipinski definition) is 1. The third kappa shape index (κ3) is 3.89. The lowest BCUT2D eigenvalue weighted by Gasteiger charge is -2.32. The number of pyridine rings is 1. The van der Waals surface area contributed by atoms with E-state index >= 15 is 0 Å². The highest BCUT2D eigenvalue weighted by molar-refractivity contribution is 6.33. The number of aryl methyl sites for hydroxylation is 1. The fraction of sp³-hybridized carbons (Fsp3) is 0.391. The van der Waals surface area contributed by atoms with Gasteiger partial charge in [-0.1, -0.05) is 23.7 Å². The minimum absolute atomic E-state index is 0.112. The van der Waals surface area contributed by atoms with Gasteiger partial charge in [0.15, 0.2) is 0 Å². The van der Waals surface area contributed by atoms with E-state index in [0.29, 0.717) is 24.7 Å². The molecule has 6 nitrogen and oxygen atoms in total. The molecule has 1 atom stereocenters. The average Bonchev–Trinajstić information content (AvgIpc) is 3.16. The summed E-state index contributed by atoms with van der Waals surface area (Å²) in [6.45, 7) is 6.18. The molecule has 1 aromatic carbocycles. The number of nitrogens with zero attached hydrogens (tertiary/aromatic N) is 3. The number of carbonyl (C=O) groups is 1. The minimum atomic E-state index is -0.117. The number of nitrogens with two attached hydrogens (primary N) is 1. The van der Waals surface area contributed by atoms with Crippen molar-refractivity contribution in [3.05, 3.63) is 52.8 Å². The number of carbonyl (C=O) groups excluding carboxylic acids is 1. The van der Waals surface area contributed by atoms with Gasteiger partial charge in [-0.25, -0.2) is 4.98 Å². The number of imidazole rings is 1. The molecule has 4 rings (SSSR count). The van der Waals surface area contributed by atoms with Crippen LogP contribution in [0.4, 0.5) is 5.82 Å². The Labute approximate surface area is 181 Å². The molecule has 0 bridgehead atoms. The van der Waals surface area contributed by atoms with E-state index in [1.165, 1.54) is 0 Å². The first kappa shape index (κ1) is 20.7. The molecule has 0 amide bonds. The van der Waals surface area contributed by atoms with Gasteiger partial charge in [-0.05, 0) is 49.9 Å².